The first-order chi connectivity index (χ1) is 11.4. The van der Waals surface area contributed by atoms with Crippen molar-refractivity contribution in [2.45, 2.75) is 19.9 Å². The second-order valence-electron chi connectivity index (χ2n) is 5.31. The molecule has 24 heavy (non-hydrogen) atoms. The van der Waals surface area contributed by atoms with Crippen LogP contribution in [0, 0.1) is 17.0 Å². The van der Waals surface area contributed by atoms with Crippen LogP contribution in [0.15, 0.2) is 42.5 Å². The van der Waals surface area contributed by atoms with Crippen LogP contribution < -0.4 is 15.4 Å². The zero-order chi connectivity index (χ0) is 17.7. The van der Waals surface area contributed by atoms with Crippen LogP contribution in [0.1, 0.15) is 12.5 Å². The van der Waals surface area contributed by atoms with Crippen LogP contribution in [-0.4, -0.2) is 24.0 Å². The maximum absolute atomic E-state index is 12.4. The number of rotatable bonds is 6. The highest BCUT2D eigenvalue weighted by molar-refractivity contribution is 5.97. The van der Waals surface area contributed by atoms with Gasteiger partial charge in [-0.05, 0) is 31.5 Å². The van der Waals surface area contributed by atoms with E-state index < -0.39 is 11.0 Å². The summed E-state index contributed by atoms with van der Waals surface area (Å²) in [7, 11) is 1.44. The number of hydrogen-bond donors (Lipinski definition) is 2. The second-order valence-corrected chi connectivity index (χ2v) is 5.31. The first-order valence-electron chi connectivity index (χ1n) is 7.38. The van der Waals surface area contributed by atoms with Crippen molar-refractivity contribution in [2.75, 3.05) is 17.7 Å². The molecule has 0 aromatic heterocycles. The number of nitrogens with zero attached hydrogens (tertiary/aromatic N) is 1. The molecular formula is C17H19N3O4. The Balaban J connectivity index is 2.15. The monoisotopic (exact) mass is 329 g/mol. The smallest absolute Gasteiger partial charge is 0.271 e. The quantitative estimate of drug-likeness (QED) is 0.626. The van der Waals surface area contributed by atoms with Crippen LogP contribution in [0.5, 0.6) is 5.75 Å². The van der Waals surface area contributed by atoms with E-state index in [0.717, 1.165) is 11.3 Å². The normalized spacial score (nSPS) is 11.5. The van der Waals surface area contributed by atoms with E-state index in [9.17, 15) is 14.9 Å². The van der Waals surface area contributed by atoms with Crippen molar-refractivity contribution in [3.63, 3.8) is 0 Å². The molecule has 0 radical (unpaired) electrons. The largest absolute Gasteiger partial charge is 0.495 e. The minimum Gasteiger partial charge on any atom is -0.495 e. The lowest BCUT2D eigenvalue weighted by Crippen LogP contribution is -2.32. The van der Waals surface area contributed by atoms with E-state index in [1.54, 1.807) is 6.92 Å². The Morgan fingerprint density at radius 3 is 2.54 bits per heavy atom. The number of benzene rings is 2. The Labute approximate surface area is 139 Å². The highest BCUT2D eigenvalue weighted by Crippen LogP contribution is 2.29. The van der Waals surface area contributed by atoms with E-state index in [4.69, 9.17) is 4.74 Å². The van der Waals surface area contributed by atoms with Gasteiger partial charge in [-0.1, -0.05) is 18.2 Å². The molecule has 2 rings (SSSR count). The molecule has 0 unspecified atom stereocenters. The third-order valence-corrected chi connectivity index (χ3v) is 3.56. The number of nitro groups is 1. The molecule has 1 atom stereocenters. The van der Waals surface area contributed by atoms with Crippen molar-refractivity contribution in [2.24, 2.45) is 0 Å². The number of anilines is 2. The van der Waals surface area contributed by atoms with Gasteiger partial charge >= 0.3 is 0 Å². The number of methoxy groups -OCH3 is 1. The number of aryl methyl sites for hydroxylation is 1. The maximum atomic E-state index is 12.4. The third kappa shape index (κ3) is 4.01. The number of para-hydroxylation sites is 1. The van der Waals surface area contributed by atoms with Gasteiger partial charge < -0.3 is 15.4 Å². The minimum absolute atomic E-state index is 0.120. The Kier molecular flexibility index (Phi) is 5.36. The van der Waals surface area contributed by atoms with E-state index in [0.29, 0.717) is 5.75 Å². The lowest BCUT2D eigenvalue weighted by atomic mass is 10.1. The zero-order valence-corrected chi connectivity index (χ0v) is 13.7. The highest BCUT2D eigenvalue weighted by atomic mass is 16.6. The van der Waals surface area contributed by atoms with Gasteiger partial charge in [0.1, 0.15) is 11.8 Å². The molecule has 0 saturated carbocycles. The van der Waals surface area contributed by atoms with Crippen LogP contribution >= 0.6 is 0 Å². The van der Waals surface area contributed by atoms with Crippen molar-refractivity contribution in [1.82, 2.24) is 0 Å². The van der Waals surface area contributed by atoms with Gasteiger partial charge in [0.15, 0.2) is 0 Å². The Hall–Kier alpha value is -3.09. The van der Waals surface area contributed by atoms with Crippen LogP contribution in [0.25, 0.3) is 0 Å². The van der Waals surface area contributed by atoms with E-state index in [1.807, 2.05) is 31.2 Å². The van der Waals surface area contributed by atoms with Crippen LogP contribution in [-0.2, 0) is 4.79 Å². The maximum Gasteiger partial charge on any atom is 0.271 e. The number of nitrogens with one attached hydrogen (secondary N) is 2. The molecule has 0 fully saturated rings. The van der Waals surface area contributed by atoms with E-state index >= 15 is 0 Å². The molecule has 0 aliphatic heterocycles. The predicted octanol–water partition coefficient (Wildman–Crippen LogP) is 3.35. The summed E-state index contributed by atoms with van der Waals surface area (Å²) in [5, 5.41) is 16.7. The number of non-ortho nitro benzene ring substituents is 1. The summed E-state index contributed by atoms with van der Waals surface area (Å²) in [6.07, 6.45) is 0. The van der Waals surface area contributed by atoms with Gasteiger partial charge in [-0.15, -0.1) is 0 Å². The van der Waals surface area contributed by atoms with Gasteiger partial charge in [-0.2, -0.15) is 0 Å². The van der Waals surface area contributed by atoms with Crippen LogP contribution in [0.3, 0.4) is 0 Å². The van der Waals surface area contributed by atoms with Crippen LogP contribution in [0.4, 0.5) is 17.1 Å². The molecule has 7 nitrogen and oxygen atoms in total. The van der Waals surface area contributed by atoms with Gasteiger partial charge in [-0.25, -0.2) is 0 Å². The van der Waals surface area contributed by atoms with Gasteiger partial charge in [-0.3, -0.25) is 14.9 Å². The molecule has 0 spiro atoms. The highest BCUT2D eigenvalue weighted by Gasteiger charge is 2.18. The fourth-order valence-electron chi connectivity index (χ4n) is 2.18. The molecule has 0 aliphatic carbocycles. The van der Waals surface area contributed by atoms with Gasteiger partial charge in [0, 0.05) is 17.8 Å². The number of carbonyl (C=O) groups is 1. The molecule has 126 valence electrons. The average molecular weight is 329 g/mol. The molecule has 1 amide bonds. The second kappa shape index (κ2) is 7.45. The summed E-state index contributed by atoms with van der Waals surface area (Å²) in [5.74, 6) is 0.0362. The van der Waals surface area contributed by atoms with Gasteiger partial charge in [0.2, 0.25) is 5.91 Å². The molecule has 7 heteroatoms. The first-order valence-corrected chi connectivity index (χ1v) is 7.38. The fourth-order valence-corrected chi connectivity index (χ4v) is 2.18. The fraction of sp³-hybridized carbons (Fsp3) is 0.235. The molecule has 2 aromatic carbocycles. The SMILES string of the molecule is COc1ccc([N+](=O)[O-])cc1NC(=O)[C@@H](C)Nc1ccccc1C. The molecular weight excluding hydrogens is 310 g/mol. The molecule has 0 heterocycles. The topological polar surface area (TPSA) is 93.5 Å². The summed E-state index contributed by atoms with van der Waals surface area (Å²) in [5.41, 5.74) is 2.01. The van der Waals surface area contributed by atoms with Gasteiger partial charge in [0.25, 0.3) is 5.69 Å². The number of ether oxygens (including phenoxy) is 1. The lowest BCUT2D eigenvalue weighted by molar-refractivity contribution is -0.384. The summed E-state index contributed by atoms with van der Waals surface area (Å²) >= 11 is 0. The Morgan fingerprint density at radius 2 is 1.92 bits per heavy atom. The summed E-state index contributed by atoms with van der Waals surface area (Å²) in [4.78, 5) is 22.7. The van der Waals surface area contributed by atoms with Crippen molar-refractivity contribution in [1.29, 1.82) is 0 Å². The number of nitro benzene ring substituents is 1. The van der Waals surface area contributed by atoms with Crippen molar-refractivity contribution in [3.05, 3.63) is 58.1 Å². The summed E-state index contributed by atoms with van der Waals surface area (Å²) in [6.45, 7) is 3.65. The molecule has 2 N–H and O–H groups in total. The number of amides is 1. The average Bonchev–Trinajstić information content (AvgIpc) is 2.56. The first kappa shape index (κ1) is 17.3. The summed E-state index contributed by atoms with van der Waals surface area (Å²) in [6, 6.07) is 11.1. The van der Waals surface area contributed by atoms with Crippen LogP contribution in [0.2, 0.25) is 0 Å². The van der Waals surface area contributed by atoms with E-state index in [2.05, 4.69) is 10.6 Å². The molecule has 2 aromatic rings. The predicted molar refractivity (Wildman–Crippen MR) is 92.5 cm³/mol. The Bertz CT molecular complexity index is 761. The number of carbonyl (C=O) groups excluding carboxylic acids is 1. The molecule has 0 aliphatic rings. The van der Waals surface area contributed by atoms with E-state index in [-0.39, 0.29) is 17.3 Å². The van der Waals surface area contributed by atoms with Gasteiger partial charge in [0.05, 0.1) is 17.7 Å². The molecule has 0 saturated heterocycles. The minimum atomic E-state index is -0.532. The van der Waals surface area contributed by atoms with Crippen molar-refractivity contribution < 1.29 is 14.5 Å². The van der Waals surface area contributed by atoms with Crippen molar-refractivity contribution in [3.8, 4) is 5.75 Å². The lowest BCUT2D eigenvalue weighted by Gasteiger charge is -2.17. The zero-order valence-electron chi connectivity index (χ0n) is 13.7. The summed E-state index contributed by atoms with van der Waals surface area (Å²) < 4.78 is 5.14. The Morgan fingerprint density at radius 1 is 1.21 bits per heavy atom. The standard InChI is InChI=1S/C17H19N3O4/c1-11-6-4-5-7-14(11)18-12(2)17(21)19-15-10-13(20(22)23)8-9-16(15)24-3/h4-10,12,18H,1-3H3,(H,19,21)/t12-/m1/s1. The third-order valence-electron chi connectivity index (χ3n) is 3.56. The molecule has 0 bridgehead atoms. The number of hydrogen-bond acceptors (Lipinski definition) is 5. The van der Waals surface area contributed by atoms with Crippen molar-refractivity contribution >= 4 is 23.0 Å². The van der Waals surface area contributed by atoms with E-state index in [1.165, 1.54) is 25.3 Å².